The molecule has 0 bridgehead atoms. The van der Waals surface area contributed by atoms with Gasteiger partial charge in [0, 0.05) is 17.0 Å². The average molecular weight is 307 g/mol. The highest BCUT2D eigenvalue weighted by Gasteiger charge is 2.20. The molecule has 2 aromatic rings. The summed E-state index contributed by atoms with van der Waals surface area (Å²) >= 11 is 1.48. The van der Waals surface area contributed by atoms with Gasteiger partial charge < -0.3 is 10.4 Å². The van der Waals surface area contributed by atoms with E-state index >= 15 is 0 Å². The SMILES string of the molecule is CC(C)[C@H](NCc1ccc(F)c(-c2cccs2)c1)C(=O)O. The van der Waals surface area contributed by atoms with Crippen LogP contribution in [-0.4, -0.2) is 17.1 Å². The Bertz CT molecular complexity index is 611. The zero-order valence-electron chi connectivity index (χ0n) is 12.0. The van der Waals surface area contributed by atoms with Crippen LogP contribution >= 0.6 is 11.3 Å². The second-order valence-electron chi connectivity index (χ2n) is 5.23. The lowest BCUT2D eigenvalue weighted by molar-refractivity contribution is -0.140. The van der Waals surface area contributed by atoms with Crippen LogP contribution in [0, 0.1) is 11.7 Å². The highest BCUT2D eigenvalue weighted by molar-refractivity contribution is 7.13. The molecule has 1 heterocycles. The summed E-state index contributed by atoms with van der Waals surface area (Å²) in [5.41, 5.74) is 1.42. The van der Waals surface area contributed by atoms with E-state index in [9.17, 15) is 9.18 Å². The number of nitrogens with one attached hydrogen (secondary N) is 1. The van der Waals surface area contributed by atoms with Gasteiger partial charge >= 0.3 is 5.97 Å². The number of carboxylic acids is 1. The summed E-state index contributed by atoms with van der Waals surface area (Å²) in [5, 5.41) is 14.1. The number of aliphatic carboxylic acids is 1. The zero-order valence-corrected chi connectivity index (χ0v) is 12.8. The third-order valence-corrected chi connectivity index (χ3v) is 4.18. The predicted molar refractivity (Wildman–Crippen MR) is 82.8 cm³/mol. The van der Waals surface area contributed by atoms with Gasteiger partial charge in [0.25, 0.3) is 0 Å². The molecule has 1 atom stereocenters. The molecule has 0 saturated carbocycles. The number of rotatable bonds is 6. The van der Waals surface area contributed by atoms with E-state index in [4.69, 9.17) is 5.11 Å². The molecule has 5 heteroatoms. The molecular formula is C16H18FNO2S. The van der Waals surface area contributed by atoms with E-state index in [1.807, 2.05) is 31.4 Å². The fraction of sp³-hybridized carbons (Fsp3) is 0.312. The summed E-state index contributed by atoms with van der Waals surface area (Å²) in [6.45, 7) is 4.11. The van der Waals surface area contributed by atoms with Gasteiger partial charge in [-0.15, -0.1) is 11.3 Å². The van der Waals surface area contributed by atoms with Gasteiger partial charge in [0.15, 0.2) is 0 Å². The predicted octanol–water partition coefficient (Wildman–Crippen LogP) is 3.75. The summed E-state index contributed by atoms with van der Waals surface area (Å²) in [6, 6.07) is 8.02. The van der Waals surface area contributed by atoms with Crippen molar-refractivity contribution in [2.75, 3.05) is 0 Å². The maximum absolute atomic E-state index is 13.9. The Balaban J connectivity index is 2.15. The van der Waals surface area contributed by atoms with E-state index in [-0.39, 0.29) is 11.7 Å². The summed E-state index contributed by atoms with van der Waals surface area (Å²) in [5.74, 6) is -1.15. The van der Waals surface area contributed by atoms with Gasteiger partial charge in [-0.25, -0.2) is 4.39 Å². The van der Waals surface area contributed by atoms with Crippen LogP contribution in [0.4, 0.5) is 4.39 Å². The molecule has 0 aliphatic heterocycles. The van der Waals surface area contributed by atoms with Crippen molar-refractivity contribution in [3.05, 3.63) is 47.1 Å². The first kappa shape index (κ1) is 15.7. The quantitative estimate of drug-likeness (QED) is 0.854. The summed E-state index contributed by atoms with van der Waals surface area (Å²) < 4.78 is 13.9. The molecule has 21 heavy (non-hydrogen) atoms. The monoisotopic (exact) mass is 307 g/mol. The number of benzene rings is 1. The van der Waals surface area contributed by atoms with Gasteiger partial charge in [-0.1, -0.05) is 26.0 Å². The fourth-order valence-electron chi connectivity index (χ4n) is 2.14. The normalized spacial score (nSPS) is 12.6. The largest absolute Gasteiger partial charge is 0.480 e. The Hall–Kier alpha value is -1.72. The van der Waals surface area contributed by atoms with Crippen molar-refractivity contribution in [2.45, 2.75) is 26.4 Å². The fourth-order valence-corrected chi connectivity index (χ4v) is 2.88. The van der Waals surface area contributed by atoms with E-state index in [0.29, 0.717) is 12.1 Å². The molecule has 0 aliphatic rings. The van der Waals surface area contributed by atoms with E-state index in [1.54, 1.807) is 12.1 Å². The van der Waals surface area contributed by atoms with E-state index < -0.39 is 12.0 Å². The van der Waals surface area contributed by atoms with Crippen molar-refractivity contribution in [3.8, 4) is 10.4 Å². The van der Waals surface area contributed by atoms with Crippen molar-refractivity contribution in [2.24, 2.45) is 5.92 Å². The number of halogens is 1. The Labute approximate surface area is 127 Å². The Kier molecular flexibility index (Phi) is 5.09. The topological polar surface area (TPSA) is 49.3 Å². The first-order valence-electron chi connectivity index (χ1n) is 6.77. The van der Waals surface area contributed by atoms with Gasteiger partial charge in [0.1, 0.15) is 11.9 Å². The van der Waals surface area contributed by atoms with Gasteiger partial charge in [0.2, 0.25) is 0 Å². The second-order valence-corrected chi connectivity index (χ2v) is 6.18. The van der Waals surface area contributed by atoms with Gasteiger partial charge in [-0.2, -0.15) is 0 Å². The maximum Gasteiger partial charge on any atom is 0.320 e. The molecule has 0 amide bonds. The summed E-state index contributed by atoms with van der Waals surface area (Å²) in [6.07, 6.45) is 0. The Morgan fingerprint density at radius 2 is 2.14 bits per heavy atom. The summed E-state index contributed by atoms with van der Waals surface area (Å²) in [7, 11) is 0. The highest BCUT2D eigenvalue weighted by atomic mass is 32.1. The Morgan fingerprint density at radius 1 is 1.38 bits per heavy atom. The van der Waals surface area contributed by atoms with Crippen molar-refractivity contribution in [3.63, 3.8) is 0 Å². The third-order valence-electron chi connectivity index (χ3n) is 3.28. The molecular weight excluding hydrogens is 289 g/mol. The lowest BCUT2D eigenvalue weighted by Gasteiger charge is -2.18. The molecule has 2 N–H and O–H groups in total. The van der Waals surface area contributed by atoms with Crippen LogP contribution in [-0.2, 0) is 11.3 Å². The van der Waals surface area contributed by atoms with Crippen molar-refractivity contribution < 1.29 is 14.3 Å². The minimum absolute atomic E-state index is 0.0142. The molecule has 0 radical (unpaired) electrons. The van der Waals surface area contributed by atoms with Crippen LogP contribution in [0.25, 0.3) is 10.4 Å². The highest BCUT2D eigenvalue weighted by Crippen LogP contribution is 2.28. The molecule has 0 fully saturated rings. The lowest BCUT2D eigenvalue weighted by Crippen LogP contribution is -2.40. The van der Waals surface area contributed by atoms with Crippen LogP contribution < -0.4 is 5.32 Å². The molecule has 0 spiro atoms. The Morgan fingerprint density at radius 3 is 2.71 bits per heavy atom. The number of thiophene rings is 1. The van der Waals surface area contributed by atoms with Crippen LogP contribution in [0.15, 0.2) is 35.7 Å². The molecule has 0 unspecified atom stereocenters. The number of carboxylic acid groups (broad SMARTS) is 1. The first-order chi connectivity index (χ1) is 9.99. The van der Waals surface area contributed by atoms with Crippen LogP contribution in [0.1, 0.15) is 19.4 Å². The van der Waals surface area contributed by atoms with Crippen LogP contribution in [0.5, 0.6) is 0 Å². The molecule has 1 aromatic carbocycles. The molecule has 0 aliphatic carbocycles. The zero-order chi connectivity index (χ0) is 15.4. The summed E-state index contributed by atoms with van der Waals surface area (Å²) in [4.78, 5) is 12.0. The van der Waals surface area contributed by atoms with Crippen LogP contribution in [0.2, 0.25) is 0 Å². The van der Waals surface area contributed by atoms with Crippen molar-refractivity contribution in [1.29, 1.82) is 0 Å². The average Bonchev–Trinajstić information content (AvgIpc) is 2.93. The molecule has 112 valence electrons. The van der Waals surface area contributed by atoms with Gasteiger partial charge in [-0.05, 0) is 35.1 Å². The van der Waals surface area contributed by atoms with Crippen LogP contribution in [0.3, 0.4) is 0 Å². The minimum Gasteiger partial charge on any atom is -0.480 e. The lowest BCUT2D eigenvalue weighted by atomic mass is 10.0. The number of hydrogen-bond donors (Lipinski definition) is 2. The molecule has 3 nitrogen and oxygen atoms in total. The van der Waals surface area contributed by atoms with Gasteiger partial charge in [0.05, 0.1) is 0 Å². The first-order valence-corrected chi connectivity index (χ1v) is 7.65. The molecule has 1 aromatic heterocycles. The standard InChI is InChI=1S/C16H18FNO2S/c1-10(2)15(16(19)20)18-9-11-5-6-13(17)12(8-11)14-4-3-7-21-14/h3-8,10,15,18H,9H2,1-2H3,(H,19,20)/t15-/m0/s1. The van der Waals surface area contributed by atoms with E-state index in [2.05, 4.69) is 5.32 Å². The smallest absolute Gasteiger partial charge is 0.320 e. The molecule has 2 rings (SSSR count). The number of hydrogen-bond acceptors (Lipinski definition) is 3. The third kappa shape index (κ3) is 3.89. The molecule has 0 saturated heterocycles. The van der Waals surface area contributed by atoms with E-state index in [0.717, 1.165) is 10.4 Å². The van der Waals surface area contributed by atoms with Crippen molar-refractivity contribution in [1.82, 2.24) is 5.32 Å². The minimum atomic E-state index is -0.870. The second kappa shape index (κ2) is 6.83. The van der Waals surface area contributed by atoms with Gasteiger partial charge in [-0.3, -0.25) is 4.79 Å². The number of carbonyl (C=O) groups is 1. The van der Waals surface area contributed by atoms with Crippen molar-refractivity contribution >= 4 is 17.3 Å². The van der Waals surface area contributed by atoms with E-state index in [1.165, 1.54) is 17.4 Å². The maximum atomic E-state index is 13.9.